The first-order chi connectivity index (χ1) is 8.33. The van der Waals surface area contributed by atoms with Crippen LogP contribution in [0.5, 0.6) is 0 Å². The van der Waals surface area contributed by atoms with Crippen LogP contribution in [0.4, 0.5) is 0 Å². The molecule has 6 heteroatoms. The van der Waals surface area contributed by atoms with Gasteiger partial charge in [0.15, 0.2) is 0 Å². The molecule has 1 unspecified atom stereocenters. The molecule has 0 amide bonds. The van der Waals surface area contributed by atoms with Crippen LogP contribution in [-0.4, -0.2) is 33.0 Å². The number of nitrogens with one attached hydrogen (secondary N) is 1. The van der Waals surface area contributed by atoms with Gasteiger partial charge in [0.2, 0.25) is 0 Å². The first-order valence-corrected chi connectivity index (χ1v) is 8.03. The minimum Gasteiger partial charge on any atom is -0.310 e. The number of nitrogens with zero attached hydrogens (tertiary/aromatic N) is 2. The van der Waals surface area contributed by atoms with E-state index in [-0.39, 0.29) is 0 Å². The van der Waals surface area contributed by atoms with Gasteiger partial charge in [0.25, 0.3) is 0 Å². The lowest BCUT2D eigenvalue weighted by Gasteiger charge is -2.21. The van der Waals surface area contributed by atoms with Gasteiger partial charge in [-0.15, -0.1) is 23.4 Å². The summed E-state index contributed by atoms with van der Waals surface area (Å²) in [7, 11) is 0. The minimum atomic E-state index is 0.375. The summed E-state index contributed by atoms with van der Waals surface area (Å²) in [5.74, 6) is 1.72. The second kappa shape index (κ2) is 6.73. The van der Waals surface area contributed by atoms with Crippen molar-refractivity contribution in [2.75, 3.05) is 18.2 Å². The molecule has 0 radical (unpaired) electrons. The summed E-state index contributed by atoms with van der Waals surface area (Å²) in [4.78, 5) is 0. The lowest BCUT2D eigenvalue weighted by atomic mass is 10.0. The molecule has 1 aliphatic rings. The second-order valence-corrected chi connectivity index (χ2v) is 5.92. The van der Waals surface area contributed by atoms with Gasteiger partial charge in [-0.05, 0) is 31.9 Å². The van der Waals surface area contributed by atoms with Crippen LogP contribution in [-0.2, 0) is 0 Å². The highest BCUT2D eigenvalue weighted by Crippen LogP contribution is 2.30. The number of hydrogen-bond donors (Lipinski definition) is 1. The summed E-state index contributed by atoms with van der Waals surface area (Å²) in [6.45, 7) is 3.23. The molecule has 0 spiro atoms. The van der Waals surface area contributed by atoms with Crippen molar-refractivity contribution in [3.05, 3.63) is 11.8 Å². The highest BCUT2D eigenvalue weighted by Gasteiger charge is 2.20. The van der Waals surface area contributed by atoms with E-state index in [9.17, 15) is 0 Å². The minimum absolute atomic E-state index is 0.375. The number of hydrogen-bond acceptors (Lipinski definition) is 5. The quantitative estimate of drug-likeness (QED) is 0.514. The van der Waals surface area contributed by atoms with E-state index in [1.165, 1.54) is 17.3 Å². The Morgan fingerprint density at radius 2 is 2.47 bits per heavy atom. The first kappa shape index (κ1) is 13.3. The lowest BCUT2D eigenvalue weighted by molar-refractivity contribution is 0.624. The fourth-order valence-corrected chi connectivity index (χ4v) is 3.71. The van der Waals surface area contributed by atoms with E-state index in [0.29, 0.717) is 11.9 Å². The van der Waals surface area contributed by atoms with E-state index in [0.717, 1.165) is 35.9 Å². The Morgan fingerprint density at radius 3 is 3.24 bits per heavy atom. The van der Waals surface area contributed by atoms with Gasteiger partial charge in [-0.2, -0.15) is 8.75 Å². The predicted octanol–water partition coefficient (Wildman–Crippen LogP) is 3.02. The zero-order valence-electron chi connectivity index (χ0n) is 9.78. The standard InChI is InChI=1S/C11H16ClN3S2/c1-8-9(4-2-6-13-8)10-11(15-17-14-10)16-7-3-5-12/h4,8,13H,2-3,5-7H2,1H3. The summed E-state index contributed by atoms with van der Waals surface area (Å²) in [6, 6.07) is 0.375. The van der Waals surface area contributed by atoms with Gasteiger partial charge in [0.1, 0.15) is 10.7 Å². The molecule has 0 fully saturated rings. The number of rotatable bonds is 5. The molecule has 0 aromatic carbocycles. The van der Waals surface area contributed by atoms with Crippen molar-refractivity contribution in [2.24, 2.45) is 0 Å². The number of thioether (sulfide) groups is 1. The van der Waals surface area contributed by atoms with Gasteiger partial charge < -0.3 is 5.32 Å². The molecule has 0 saturated carbocycles. The molecule has 94 valence electrons. The monoisotopic (exact) mass is 289 g/mol. The summed E-state index contributed by atoms with van der Waals surface area (Å²) in [5, 5.41) is 4.51. The van der Waals surface area contributed by atoms with Crippen molar-refractivity contribution in [3.8, 4) is 0 Å². The molecular weight excluding hydrogens is 274 g/mol. The van der Waals surface area contributed by atoms with Crippen LogP contribution in [0.1, 0.15) is 25.5 Å². The zero-order chi connectivity index (χ0) is 12.1. The third-order valence-electron chi connectivity index (χ3n) is 2.67. The van der Waals surface area contributed by atoms with Crippen LogP contribution < -0.4 is 5.32 Å². The fourth-order valence-electron chi connectivity index (χ4n) is 1.79. The maximum absolute atomic E-state index is 5.69. The first-order valence-electron chi connectivity index (χ1n) is 5.78. The average molecular weight is 290 g/mol. The maximum Gasteiger partial charge on any atom is 0.138 e. The van der Waals surface area contributed by atoms with E-state index >= 15 is 0 Å². The van der Waals surface area contributed by atoms with E-state index in [2.05, 4.69) is 27.1 Å². The molecular formula is C11H16ClN3S2. The summed E-state index contributed by atoms with van der Waals surface area (Å²) in [5.41, 5.74) is 2.35. The van der Waals surface area contributed by atoms with Crippen molar-refractivity contribution >= 4 is 40.7 Å². The number of halogens is 1. The summed E-state index contributed by atoms with van der Waals surface area (Å²) >= 11 is 8.74. The zero-order valence-corrected chi connectivity index (χ0v) is 12.2. The molecule has 1 aromatic heterocycles. The predicted molar refractivity (Wildman–Crippen MR) is 76.0 cm³/mol. The topological polar surface area (TPSA) is 37.8 Å². The van der Waals surface area contributed by atoms with Gasteiger partial charge in [-0.3, -0.25) is 0 Å². The normalized spacial score (nSPS) is 20.4. The largest absolute Gasteiger partial charge is 0.310 e. The SMILES string of the molecule is CC1NCCC=C1c1nsnc1SCCCCl. The highest BCUT2D eigenvalue weighted by atomic mass is 35.5. The van der Waals surface area contributed by atoms with Gasteiger partial charge in [0, 0.05) is 17.7 Å². The van der Waals surface area contributed by atoms with Crippen LogP contribution in [0.2, 0.25) is 0 Å². The third-order valence-corrected chi connectivity index (χ3v) is 4.64. The number of alkyl halides is 1. The van der Waals surface area contributed by atoms with E-state index in [1.54, 1.807) is 11.8 Å². The molecule has 0 aliphatic carbocycles. The molecule has 1 aromatic rings. The molecule has 1 atom stereocenters. The van der Waals surface area contributed by atoms with Crippen LogP contribution >= 0.6 is 35.1 Å². The Bertz CT molecular complexity index is 392. The van der Waals surface area contributed by atoms with Gasteiger partial charge in [-0.25, -0.2) is 0 Å². The fraction of sp³-hybridized carbons (Fsp3) is 0.636. The van der Waals surface area contributed by atoms with Crippen LogP contribution in [0, 0.1) is 0 Å². The second-order valence-electron chi connectivity index (χ2n) is 3.93. The lowest BCUT2D eigenvalue weighted by Crippen LogP contribution is -2.31. The van der Waals surface area contributed by atoms with Crippen molar-refractivity contribution < 1.29 is 0 Å². The molecule has 17 heavy (non-hydrogen) atoms. The van der Waals surface area contributed by atoms with Crippen molar-refractivity contribution in [1.82, 2.24) is 14.1 Å². The van der Waals surface area contributed by atoms with E-state index < -0.39 is 0 Å². The van der Waals surface area contributed by atoms with Crippen molar-refractivity contribution in [2.45, 2.75) is 30.8 Å². The Morgan fingerprint density at radius 1 is 1.59 bits per heavy atom. The van der Waals surface area contributed by atoms with Crippen molar-refractivity contribution in [3.63, 3.8) is 0 Å². The Kier molecular flexibility index (Phi) is 5.28. The molecule has 1 aliphatic heterocycles. The molecule has 2 heterocycles. The Labute approximate surface area is 115 Å². The molecule has 0 bridgehead atoms. The van der Waals surface area contributed by atoms with E-state index in [4.69, 9.17) is 11.6 Å². The molecule has 1 N–H and O–H groups in total. The van der Waals surface area contributed by atoms with Gasteiger partial charge >= 0.3 is 0 Å². The molecule has 2 rings (SSSR count). The summed E-state index contributed by atoms with van der Waals surface area (Å²) in [6.07, 6.45) is 4.36. The smallest absolute Gasteiger partial charge is 0.138 e. The number of aromatic nitrogens is 2. The van der Waals surface area contributed by atoms with Crippen LogP contribution in [0.25, 0.3) is 5.57 Å². The van der Waals surface area contributed by atoms with Crippen molar-refractivity contribution in [1.29, 1.82) is 0 Å². The van der Waals surface area contributed by atoms with Gasteiger partial charge in [-0.1, -0.05) is 6.08 Å². The molecule has 3 nitrogen and oxygen atoms in total. The Hall–Kier alpha value is -0.100. The third kappa shape index (κ3) is 3.44. The van der Waals surface area contributed by atoms with E-state index in [1.807, 2.05) is 0 Å². The maximum atomic E-state index is 5.69. The van der Waals surface area contributed by atoms with Crippen LogP contribution in [0.15, 0.2) is 11.1 Å². The Balaban J connectivity index is 2.10. The van der Waals surface area contributed by atoms with Crippen LogP contribution in [0.3, 0.4) is 0 Å². The van der Waals surface area contributed by atoms with Gasteiger partial charge in [0.05, 0.1) is 11.7 Å². The average Bonchev–Trinajstić information content (AvgIpc) is 2.78. The summed E-state index contributed by atoms with van der Waals surface area (Å²) < 4.78 is 8.82. The molecule has 0 saturated heterocycles. The highest BCUT2D eigenvalue weighted by molar-refractivity contribution is 7.99.